The minimum Gasteiger partial charge on any atom is -0.456 e. The van der Waals surface area contributed by atoms with Crippen LogP contribution in [0.15, 0.2) is 168 Å². The molecule has 0 fully saturated rings. The SMILES string of the molecule is c1ccc(-c2nc(-c3ccc4c(c3)-c3cccc5cccc-4c35)nc(-c3cccc4oc5cc(-c6ccc7ccccc7c6)ccc5c34)n2)cc1. The number of rotatable bonds is 4. The molecule has 0 saturated carbocycles. The Morgan fingerprint density at radius 1 is 0.314 bits per heavy atom. The largest absolute Gasteiger partial charge is 0.456 e. The monoisotopic (exact) mass is 649 g/mol. The van der Waals surface area contributed by atoms with Gasteiger partial charge in [0.15, 0.2) is 17.5 Å². The molecule has 0 atom stereocenters. The van der Waals surface area contributed by atoms with Crippen molar-refractivity contribution in [3.05, 3.63) is 164 Å². The first kappa shape index (κ1) is 28.0. The normalized spacial score (nSPS) is 11.9. The standard InChI is InChI=1S/C47H27N3O/c1-2-10-30(11-3-1)45-48-46(34-22-23-35-36-15-6-13-29-14-7-16-37(43(29)36)40(35)26-34)50-47(49-45)39-17-8-18-41-44(39)38-24-21-33(27-42(38)51-41)32-20-19-28-9-4-5-12-31(28)25-32/h1-27H. The minimum atomic E-state index is 0.608. The molecule has 8 aromatic carbocycles. The van der Waals surface area contributed by atoms with Crippen molar-refractivity contribution in [1.29, 1.82) is 0 Å². The summed E-state index contributed by atoms with van der Waals surface area (Å²) in [6.07, 6.45) is 0. The van der Waals surface area contributed by atoms with Crippen molar-refractivity contribution >= 4 is 43.5 Å². The van der Waals surface area contributed by atoms with Crippen molar-refractivity contribution in [2.45, 2.75) is 0 Å². The van der Waals surface area contributed by atoms with Crippen LogP contribution in [0.25, 0.3) is 111 Å². The van der Waals surface area contributed by atoms with E-state index < -0.39 is 0 Å². The van der Waals surface area contributed by atoms with E-state index in [1.54, 1.807) is 0 Å². The molecule has 4 heteroatoms. The molecule has 0 saturated heterocycles. The molecule has 0 N–H and O–H groups in total. The summed E-state index contributed by atoms with van der Waals surface area (Å²) in [4.78, 5) is 15.4. The van der Waals surface area contributed by atoms with Crippen LogP contribution >= 0.6 is 0 Å². The van der Waals surface area contributed by atoms with E-state index in [1.807, 2.05) is 42.5 Å². The van der Waals surface area contributed by atoms with Gasteiger partial charge in [-0.3, -0.25) is 0 Å². The van der Waals surface area contributed by atoms with Crippen LogP contribution in [-0.4, -0.2) is 15.0 Å². The van der Waals surface area contributed by atoms with Crippen molar-refractivity contribution in [2.75, 3.05) is 0 Å². The van der Waals surface area contributed by atoms with Gasteiger partial charge < -0.3 is 4.42 Å². The second-order valence-corrected chi connectivity index (χ2v) is 13.2. The third-order valence-corrected chi connectivity index (χ3v) is 10.3. The van der Waals surface area contributed by atoms with Crippen LogP contribution in [-0.2, 0) is 0 Å². The zero-order chi connectivity index (χ0) is 33.5. The fraction of sp³-hybridized carbons (Fsp3) is 0. The topological polar surface area (TPSA) is 51.8 Å². The number of fused-ring (bicyclic) bond motifs is 7. The molecule has 0 spiro atoms. The average molecular weight is 650 g/mol. The van der Waals surface area contributed by atoms with Crippen molar-refractivity contribution in [3.8, 4) is 67.5 Å². The first-order chi connectivity index (χ1) is 25.2. The van der Waals surface area contributed by atoms with Gasteiger partial charge in [-0.25, -0.2) is 15.0 Å². The molecular weight excluding hydrogens is 623 g/mol. The summed E-state index contributed by atoms with van der Waals surface area (Å²) in [5.41, 5.74) is 11.6. The molecule has 11 rings (SSSR count). The van der Waals surface area contributed by atoms with Gasteiger partial charge in [-0.15, -0.1) is 0 Å². The molecule has 0 bridgehead atoms. The number of benzene rings is 8. The maximum atomic E-state index is 6.53. The van der Waals surface area contributed by atoms with Crippen LogP contribution in [0.1, 0.15) is 0 Å². The molecule has 0 aliphatic heterocycles. The number of nitrogens with zero attached hydrogens (tertiary/aromatic N) is 3. The fourth-order valence-electron chi connectivity index (χ4n) is 7.83. The van der Waals surface area contributed by atoms with Crippen LogP contribution < -0.4 is 0 Å². The molecule has 0 radical (unpaired) electrons. The van der Waals surface area contributed by atoms with E-state index in [0.29, 0.717) is 17.5 Å². The molecule has 236 valence electrons. The van der Waals surface area contributed by atoms with Crippen LogP contribution in [0.4, 0.5) is 0 Å². The molecule has 10 aromatic rings. The van der Waals surface area contributed by atoms with Gasteiger partial charge in [0.2, 0.25) is 0 Å². The second kappa shape index (κ2) is 10.8. The highest BCUT2D eigenvalue weighted by atomic mass is 16.3. The number of hydrogen-bond acceptors (Lipinski definition) is 4. The van der Waals surface area contributed by atoms with Crippen LogP contribution in [0.2, 0.25) is 0 Å². The summed E-state index contributed by atoms with van der Waals surface area (Å²) in [7, 11) is 0. The summed E-state index contributed by atoms with van der Waals surface area (Å²) in [6, 6.07) is 57.4. The van der Waals surface area contributed by atoms with Gasteiger partial charge in [0.05, 0.1) is 0 Å². The molecule has 2 heterocycles. The smallest absolute Gasteiger partial charge is 0.164 e. The first-order valence-electron chi connectivity index (χ1n) is 17.2. The number of aromatic nitrogens is 3. The Morgan fingerprint density at radius 2 is 0.961 bits per heavy atom. The number of hydrogen-bond donors (Lipinski definition) is 0. The quantitative estimate of drug-likeness (QED) is 0.190. The van der Waals surface area contributed by atoms with E-state index in [9.17, 15) is 0 Å². The van der Waals surface area contributed by atoms with Gasteiger partial charge >= 0.3 is 0 Å². The van der Waals surface area contributed by atoms with E-state index in [0.717, 1.165) is 49.8 Å². The summed E-state index contributed by atoms with van der Waals surface area (Å²) >= 11 is 0. The Hall–Kier alpha value is -6.91. The Labute approximate surface area is 293 Å². The molecule has 1 aliphatic carbocycles. The maximum Gasteiger partial charge on any atom is 0.164 e. The molecule has 0 unspecified atom stereocenters. The number of furan rings is 1. The van der Waals surface area contributed by atoms with Crippen molar-refractivity contribution < 1.29 is 4.42 Å². The fourth-order valence-corrected chi connectivity index (χ4v) is 7.83. The predicted molar refractivity (Wildman–Crippen MR) is 208 cm³/mol. The highest BCUT2D eigenvalue weighted by molar-refractivity contribution is 6.16. The van der Waals surface area contributed by atoms with Gasteiger partial charge in [-0.2, -0.15) is 0 Å². The summed E-state index contributed by atoms with van der Waals surface area (Å²) in [6.45, 7) is 0. The van der Waals surface area contributed by atoms with Crippen LogP contribution in [0, 0.1) is 0 Å². The zero-order valence-corrected chi connectivity index (χ0v) is 27.3. The van der Waals surface area contributed by atoms with Crippen LogP contribution in [0.3, 0.4) is 0 Å². The molecule has 4 nitrogen and oxygen atoms in total. The van der Waals surface area contributed by atoms with Gasteiger partial charge in [0.25, 0.3) is 0 Å². The van der Waals surface area contributed by atoms with Gasteiger partial charge in [0.1, 0.15) is 11.2 Å². The Kier molecular flexibility index (Phi) is 5.92. The third-order valence-electron chi connectivity index (χ3n) is 10.3. The lowest BCUT2D eigenvalue weighted by Crippen LogP contribution is -2.00. The molecule has 51 heavy (non-hydrogen) atoms. The Bertz CT molecular complexity index is 3030. The molecular formula is C47H27N3O. The van der Waals surface area contributed by atoms with Crippen molar-refractivity contribution in [2.24, 2.45) is 0 Å². The maximum absolute atomic E-state index is 6.53. The van der Waals surface area contributed by atoms with E-state index >= 15 is 0 Å². The van der Waals surface area contributed by atoms with E-state index in [-0.39, 0.29) is 0 Å². The van der Waals surface area contributed by atoms with E-state index in [2.05, 4.69) is 121 Å². The van der Waals surface area contributed by atoms with Crippen molar-refractivity contribution in [1.82, 2.24) is 15.0 Å². The molecule has 1 aliphatic rings. The molecule has 0 amide bonds. The lowest BCUT2D eigenvalue weighted by molar-refractivity contribution is 0.669. The summed E-state index contributed by atoms with van der Waals surface area (Å²) < 4.78 is 6.53. The third kappa shape index (κ3) is 4.37. The van der Waals surface area contributed by atoms with E-state index in [1.165, 1.54) is 43.8 Å². The predicted octanol–water partition coefficient (Wildman–Crippen LogP) is 12.4. The average Bonchev–Trinajstić information content (AvgIpc) is 3.74. The second-order valence-electron chi connectivity index (χ2n) is 13.2. The van der Waals surface area contributed by atoms with Gasteiger partial charge in [-0.05, 0) is 85.3 Å². The Morgan fingerprint density at radius 3 is 1.82 bits per heavy atom. The zero-order valence-electron chi connectivity index (χ0n) is 27.3. The highest BCUT2D eigenvalue weighted by Crippen LogP contribution is 2.48. The minimum absolute atomic E-state index is 0.608. The first-order valence-corrected chi connectivity index (χ1v) is 17.2. The molecule has 2 aromatic heterocycles. The Balaban J connectivity index is 1.08. The van der Waals surface area contributed by atoms with Gasteiger partial charge in [-0.1, -0.05) is 133 Å². The lowest BCUT2D eigenvalue weighted by atomic mass is 9.99. The van der Waals surface area contributed by atoms with Crippen LogP contribution in [0.5, 0.6) is 0 Å². The summed E-state index contributed by atoms with van der Waals surface area (Å²) in [5, 5.41) is 7.01. The highest BCUT2D eigenvalue weighted by Gasteiger charge is 2.23. The lowest BCUT2D eigenvalue weighted by Gasteiger charge is -2.10. The van der Waals surface area contributed by atoms with E-state index in [4.69, 9.17) is 19.4 Å². The summed E-state index contributed by atoms with van der Waals surface area (Å²) in [5.74, 6) is 1.87. The van der Waals surface area contributed by atoms with Gasteiger partial charge in [0, 0.05) is 27.5 Å². The van der Waals surface area contributed by atoms with Crippen molar-refractivity contribution in [3.63, 3.8) is 0 Å².